The van der Waals surface area contributed by atoms with Gasteiger partial charge in [0.2, 0.25) is 0 Å². The molecule has 0 aromatic heterocycles. The predicted molar refractivity (Wildman–Crippen MR) is 66.5 cm³/mol. The maximum absolute atomic E-state index is 11.8. The summed E-state index contributed by atoms with van der Waals surface area (Å²) in [7, 11) is 1.48. The van der Waals surface area contributed by atoms with Crippen LogP contribution in [0, 0.1) is 0 Å². The summed E-state index contributed by atoms with van der Waals surface area (Å²) in [5.41, 5.74) is 0.820. The van der Waals surface area contributed by atoms with Crippen LogP contribution in [0.15, 0.2) is 18.2 Å². The van der Waals surface area contributed by atoms with Crippen LogP contribution >= 0.6 is 0 Å². The van der Waals surface area contributed by atoms with Crippen molar-refractivity contribution in [1.82, 2.24) is 0 Å². The molecule has 0 unspecified atom stereocenters. The second-order valence-corrected chi connectivity index (χ2v) is 4.17. The number of methoxy groups -OCH3 is 1. The topological polar surface area (TPSA) is 83.9 Å². The van der Waals surface area contributed by atoms with Crippen molar-refractivity contribution < 1.29 is 24.2 Å². The van der Waals surface area contributed by atoms with Crippen molar-refractivity contribution in [2.45, 2.75) is 12.8 Å². The SMILES string of the molecule is COc1ccc2c(c1)C(=O)C(=O)N2CCCC(=O)O. The number of carbonyl (C=O) groups excluding carboxylic acids is 2. The number of carboxylic acid groups (broad SMARTS) is 1. The summed E-state index contributed by atoms with van der Waals surface area (Å²) >= 11 is 0. The van der Waals surface area contributed by atoms with E-state index in [1.807, 2.05) is 0 Å². The number of hydrogen-bond donors (Lipinski definition) is 1. The summed E-state index contributed by atoms with van der Waals surface area (Å²) in [6.07, 6.45) is 0.267. The van der Waals surface area contributed by atoms with Gasteiger partial charge in [0, 0.05) is 13.0 Å². The highest BCUT2D eigenvalue weighted by molar-refractivity contribution is 6.52. The lowest BCUT2D eigenvalue weighted by Crippen LogP contribution is -2.30. The van der Waals surface area contributed by atoms with E-state index in [9.17, 15) is 14.4 Å². The molecule has 1 N–H and O–H groups in total. The van der Waals surface area contributed by atoms with Gasteiger partial charge in [-0.3, -0.25) is 14.4 Å². The lowest BCUT2D eigenvalue weighted by Gasteiger charge is -2.15. The van der Waals surface area contributed by atoms with Gasteiger partial charge in [-0.2, -0.15) is 0 Å². The number of carbonyl (C=O) groups is 3. The molecule has 19 heavy (non-hydrogen) atoms. The lowest BCUT2D eigenvalue weighted by molar-refractivity contribution is -0.137. The summed E-state index contributed by atoms with van der Waals surface area (Å²) in [6.45, 7) is 0.218. The molecule has 1 aliphatic heterocycles. The Labute approximate surface area is 109 Å². The number of anilines is 1. The zero-order valence-corrected chi connectivity index (χ0v) is 10.4. The van der Waals surface area contributed by atoms with E-state index >= 15 is 0 Å². The van der Waals surface area contributed by atoms with Crippen molar-refractivity contribution in [2.24, 2.45) is 0 Å². The van der Waals surface area contributed by atoms with Gasteiger partial charge < -0.3 is 14.7 Å². The minimum atomic E-state index is -0.923. The van der Waals surface area contributed by atoms with Crippen molar-refractivity contribution in [1.29, 1.82) is 0 Å². The van der Waals surface area contributed by atoms with Crippen LogP contribution in [0.4, 0.5) is 5.69 Å². The van der Waals surface area contributed by atoms with Crippen LogP contribution in [0.2, 0.25) is 0 Å². The molecule has 2 rings (SSSR count). The molecule has 1 amide bonds. The molecule has 0 bridgehead atoms. The van der Waals surface area contributed by atoms with E-state index < -0.39 is 17.7 Å². The third-order valence-corrected chi connectivity index (χ3v) is 2.95. The summed E-state index contributed by atoms with van der Waals surface area (Å²) in [4.78, 5) is 35.4. The first-order chi connectivity index (χ1) is 9.04. The number of benzene rings is 1. The van der Waals surface area contributed by atoms with Crippen LogP contribution in [0.5, 0.6) is 5.75 Å². The second kappa shape index (κ2) is 5.09. The van der Waals surface area contributed by atoms with Crippen molar-refractivity contribution >= 4 is 23.3 Å². The first-order valence-corrected chi connectivity index (χ1v) is 5.80. The van der Waals surface area contributed by atoms with Gasteiger partial charge >= 0.3 is 5.97 Å². The largest absolute Gasteiger partial charge is 0.497 e. The quantitative estimate of drug-likeness (QED) is 0.804. The molecule has 0 radical (unpaired) electrons. The van der Waals surface area contributed by atoms with Crippen molar-refractivity contribution in [3.63, 3.8) is 0 Å². The molecule has 0 atom stereocenters. The number of hydrogen-bond acceptors (Lipinski definition) is 4. The van der Waals surface area contributed by atoms with Gasteiger partial charge in [-0.1, -0.05) is 0 Å². The predicted octanol–water partition coefficient (Wildman–Crippen LogP) is 1.09. The molecule has 100 valence electrons. The fourth-order valence-corrected chi connectivity index (χ4v) is 2.02. The van der Waals surface area contributed by atoms with E-state index in [1.165, 1.54) is 18.1 Å². The molecular formula is C13H13NO5. The van der Waals surface area contributed by atoms with E-state index in [0.717, 1.165) is 0 Å². The number of ketones is 1. The molecule has 1 aromatic rings. The lowest BCUT2D eigenvalue weighted by atomic mass is 10.1. The smallest absolute Gasteiger partial charge is 0.303 e. The van der Waals surface area contributed by atoms with Gasteiger partial charge in [-0.25, -0.2) is 0 Å². The number of fused-ring (bicyclic) bond motifs is 1. The third kappa shape index (κ3) is 2.42. The molecule has 1 heterocycles. The Balaban J connectivity index is 2.22. The Kier molecular flexibility index (Phi) is 3.50. The zero-order chi connectivity index (χ0) is 14.0. The minimum Gasteiger partial charge on any atom is -0.497 e. The highest BCUT2D eigenvalue weighted by Gasteiger charge is 2.35. The van der Waals surface area contributed by atoms with Gasteiger partial charge in [-0.05, 0) is 24.6 Å². The van der Waals surface area contributed by atoms with Crippen molar-refractivity contribution in [3.8, 4) is 5.75 Å². The number of carboxylic acids is 1. The molecule has 0 fully saturated rings. The van der Waals surface area contributed by atoms with Crippen LogP contribution in [0.3, 0.4) is 0 Å². The van der Waals surface area contributed by atoms with Gasteiger partial charge in [0.05, 0.1) is 18.4 Å². The van der Waals surface area contributed by atoms with E-state index in [-0.39, 0.29) is 13.0 Å². The molecular weight excluding hydrogens is 250 g/mol. The first kappa shape index (κ1) is 13.1. The monoisotopic (exact) mass is 263 g/mol. The number of amides is 1. The summed E-state index contributed by atoms with van der Waals surface area (Å²) in [5.74, 6) is -1.61. The average Bonchev–Trinajstić information content (AvgIpc) is 2.63. The fraction of sp³-hybridized carbons (Fsp3) is 0.308. The van der Waals surface area contributed by atoms with E-state index in [2.05, 4.69) is 0 Å². The van der Waals surface area contributed by atoms with E-state index in [4.69, 9.17) is 9.84 Å². The first-order valence-electron chi connectivity index (χ1n) is 5.80. The van der Waals surface area contributed by atoms with E-state index in [0.29, 0.717) is 23.4 Å². The van der Waals surface area contributed by atoms with Gasteiger partial charge in [0.1, 0.15) is 5.75 Å². The number of nitrogens with zero attached hydrogens (tertiary/aromatic N) is 1. The molecule has 1 aromatic carbocycles. The Morgan fingerprint density at radius 2 is 2.11 bits per heavy atom. The Morgan fingerprint density at radius 1 is 1.37 bits per heavy atom. The highest BCUT2D eigenvalue weighted by atomic mass is 16.5. The van der Waals surface area contributed by atoms with Crippen molar-refractivity contribution in [2.75, 3.05) is 18.6 Å². The minimum absolute atomic E-state index is 0.0382. The molecule has 0 saturated carbocycles. The van der Waals surface area contributed by atoms with Crippen LogP contribution in [-0.4, -0.2) is 36.4 Å². The van der Waals surface area contributed by atoms with Crippen LogP contribution < -0.4 is 9.64 Å². The number of Topliss-reactive ketones (excluding diaryl/α,β-unsaturated/α-hetero) is 1. The Morgan fingerprint density at radius 3 is 2.74 bits per heavy atom. The normalized spacial score (nSPS) is 13.6. The van der Waals surface area contributed by atoms with Gasteiger partial charge in [0.25, 0.3) is 11.7 Å². The standard InChI is InChI=1S/C13H13NO5/c1-19-8-4-5-10-9(7-8)12(17)13(18)14(10)6-2-3-11(15)16/h4-5,7H,2-3,6H2,1H3,(H,15,16). The van der Waals surface area contributed by atoms with Gasteiger partial charge in [-0.15, -0.1) is 0 Å². The number of aliphatic carboxylic acids is 1. The molecule has 0 spiro atoms. The van der Waals surface area contributed by atoms with Crippen LogP contribution in [0.25, 0.3) is 0 Å². The van der Waals surface area contributed by atoms with Crippen LogP contribution in [0.1, 0.15) is 23.2 Å². The molecule has 1 aliphatic rings. The zero-order valence-electron chi connectivity index (χ0n) is 10.4. The van der Waals surface area contributed by atoms with Crippen molar-refractivity contribution in [3.05, 3.63) is 23.8 Å². The van der Waals surface area contributed by atoms with Crippen LogP contribution in [-0.2, 0) is 9.59 Å². The Hall–Kier alpha value is -2.37. The Bertz CT molecular complexity index is 552. The van der Waals surface area contributed by atoms with Gasteiger partial charge in [0.15, 0.2) is 0 Å². The highest BCUT2D eigenvalue weighted by Crippen LogP contribution is 2.32. The molecule has 6 nitrogen and oxygen atoms in total. The summed E-state index contributed by atoms with van der Waals surface area (Å²) in [5, 5.41) is 8.58. The summed E-state index contributed by atoms with van der Waals surface area (Å²) in [6, 6.07) is 4.82. The maximum Gasteiger partial charge on any atom is 0.303 e. The molecule has 0 aliphatic carbocycles. The number of rotatable bonds is 5. The maximum atomic E-state index is 11.8. The average molecular weight is 263 g/mol. The summed E-state index contributed by atoms with van der Waals surface area (Å²) < 4.78 is 5.01. The molecule has 0 saturated heterocycles. The third-order valence-electron chi connectivity index (χ3n) is 2.95. The second-order valence-electron chi connectivity index (χ2n) is 4.17. The number of ether oxygens (including phenoxy) is 1. The fourth-order valence-electron chi connectivity index (χ4n) is 2.02. The van der Waals surface area contributed by atoms with E-state index in [1.54, 1.807) is 12.1 Å². The molecule has 6 heteroatoms.